The summed E-state index contributed by atoms with van der Waals surface area (Å²) in [5, 5.41) is 0. The first-order valence-electron chi connectivity index (χ1n) is 24.2. The zero-order chi connectivity index (χ0) is 45.3. The van der Waals surface area contributed by atoms with Crippen LogP contribution in [0.5, 0.6) is 0 Å². The molecular formula is C52H88NO8P. The van der Waals surface area contributed by atoms with Gasteiger partial charge in [-0.1, -0.05) is 195 Å². The fourth-order valence-corrected chi connectivity index (χ4v) is 6.94. The second kappa shape index (κ2) is 47.4. The van der Waals surface area contributed by atoms with E-state index in [1.807, 2.05) is 0 Å². The van der Waals surface area contributed by atoms with Crippen LogP contribution in [0.2, 0.25) is 0 Å². The van der Waals surface area contributed by atoms with Crippen molar-refractivity contribution in [1.29, 1.82) is 0 Å². The van der Waals surface area contributed by atoms with Gasteiger partial charge in [0, 0.05) is 19.4 Å². The molecular weight excluding hydrogens is 798 g/mol. The lowest BCUT2D eigenvalue weighted by Gasteiger charge is -2.19. The summed E-state index contributed by atoms with van der Waals surface area (Å²) in [5.41, 5.74) is 5.35. The van der Waals surface area contributed by atoms with Crippen LogP contribution < -0.4 is 5.73 Å². The molecule has 0 fully saturated rings. The number of hydrogen-bond donors (Lipinski definition) is 2. The van der Waals surface area contributed by atoms with Gasteiger partial charge < -0.3 is 20.1 Å². The fraction of sp³-hybridized carbons (Fsp3) is 0.654. The molecule has 0 aliphatic carbocycles. The average Bonchev–Trinajstić information content (AvgIpc) is 3.26. The smallest absolute Gasteiger partial charge is 0.462 e. The van der Waals surface area contributed by atoms with Crippen LogP contribution in [0, 0.1) is 0 Å². The number of ether oxygens (including phenoxy) is 2. The molecule has 0 amide bonds. The maximum atomic E-state index is 12.6. The molecule has 3 N–H and O–H groups in total. The Morgan fingerprint density at radius 3 is 1.32 bits per heavy atom. The molecule has 62 heavy (non-hydrogen) atoms. The van der Waals surface area contributed by atoms with Crippen LogP contribution >= 0.6 is 7.82 Å². The summed E-state index contributed by atoms with van der Waals surface area (Å²) in [7, 11) is -4.39. The van der Waals surface area contributed by atoms with Gasteiger partial charge in [0.1, 0.15) is 6.61 Å². The van der Waals surface area contributed by atoms with Crippen molar-refractivity contribution in [2.24, 2.45) is 5.73 Å². The number of phosphoric ester groups is 1. The Hall–Kier alpha value is -3.07. The van der Waals surface area contributed by atoms with Crippen molar-refractivity contribution in [1.82, 2.24) is 0 Å². The summed E-state index contributed by atoms with van der Waals surface area (Å²) in [4.78, 5) is 34.9. The van der Waals surface area contributed by atoms with Gasteiger partial charge in [-0.05, 0) is 77.0 Å². The highest BCUT2D eigenvalue weighted by molar-refractivity contribution is 7.47. The molecule has 0 rings (SSSR count). The fourth-order valence-electron chi connectivity index (χ4n) is 6.18. The van der Waals surface area contributed by atoms with Crippen molar-refractivity contribution in [3.8, 4) is 0 Å². The first-order valence-corrected chi connectivity index (χ1v) is 25.7. The molecule has 9 nitrogen and oxygen atoms in total. The van der Waals surface area contributed by atoms with Gasteiger partial charge in [-0.3, -0.25) is 18.6 Å². The van der Waals surface area contributed by atoms with Gasteiger partial charge in [0.05, 0.1) is 13.2 Å². The van der Waals surface area contributed by atoms with Crippen molar-refractivity contribution < 1.29 is 37.6 Å². The first kappa shape index (κ1) is 58.9. The summed E-state index contributed by atoms with van der Waals surface area (Å²) >= 11 is 0. The molecule has 0 aromatic carbocycles. The van der Waals surface area contributed by atoms with E-state index in [-0.39, 0.29) is 32.6 Å². The number of hydrogen-bond acceptors (Lipinski definition) is 8. The van der Waals surface area contributed by atoms with E-state index in [1.54, 1.807) is 0 Å². The quantitative estimate of drug-likeness (QED) is 0.0265. The molecule has 10 heteroatoms. The zero-order valence-corrected chi connectivity index (χ0v) is 40.0. The number of carbonyl (C=O) groups is 2. The second-order valence-electron chi connectivity index (χ2n) is 15.6. The topological polar surface area (TPSA) is 134 Å². The van der Waals surface area contributed by atoms with E-state index in [0.29, 0.717) is 6.42 Å². The number of allylic oxidation sites excluding steroid dienone is 16. The minimum absolute atomic E-state index is 0.0467. The summed E-state index contributed by atoms with van der Waals surface area (Å²) in [6.07, 6.45) is 61.7. The second-order valence-corrected chi connectivity index (χ2v) is 17.1. The number of nitrogens with two attached hydrogens (primary N) is 1. The molecule has 0 saturated heterocycles. The van der Waals surface area contributed by atoms with Crippen molar-refractivity contribution in [3.05, 3.63) is 97.2 Å². The van der Waals surface area contributed by atoms with Gasteiger partial charge in [-0.2, -0.15) is 0 Å². The Labute approximate surface area is 378 Å². The highest BCUT2D eigenvalue weighted by Crippen LogP contribution is 2.43. The van der Waals surface area contributed by atoms with Crippen LogP contribution in [0.15, 0.2) is 97.2 Å². The highest BCUT2D eigenvalue weighted by Gasteiger charge is 2.26. The van der Waals surface area contributed by atoms with E-state index in [0.717, 1.165) is 109 Å². The van der Waals surface area contributed by atoms with E-state index in [1.165, 1.54) is 44.9 Å². The molecule has 0 aromatic heterocycles. The lowest BCUT2D eigenvalue weighted by Crippen LogP contribution is -2.29. The van der Waals surface area contributed by atoms with E-state index >= 15 is 0 Å². The van der Waals surface area contributed by atoms with Crippen LogP contribution in [0.3, 0.4) is 0 Å². The van der Waals surface area contributed by atoms with Gasteiger partial charge in [-0.25, -0.2) is 4.57 Å². The monoisotopic (exact) mass is 886 g/mol. The Morgan fingerprint density at radius 2 is 0.887 bits per heavy atom. The average molecular weight is 886 g/mol. The number of esters is 2. The molecule has 0 aliphatic rings. The van der Waals surface area contributed by atoms with E-state index in [2.05, 4.69) is 111 Å². The summed E-state index contributed by atoms with van der Waals surface area (Å²) < 4.78 is 32.8. The first-order chi connectivity index (χ1) is 30.3. The molecule has 0 spiro atoms. The molecule has 0 aromatic rings. The minimum atomic E-state index is -4.39. The van der Waals surface area contributed by atoms with Crippen molar-refractivity contribution in [2.75, 3.05) is 26.4 Å². The largest absolute Gasteiger partial charge is 0.472 e. The number of unbranched alkanes of at least 4 members (excludes halogenated alkanes) is 15. The number of carbonyl (C=O) groups excluding carboxylic acids is 2. The summed E-state index contributed by atoms with van der Waals surface area (Å²) in [6.45, 7) is 3.57. The van der Waals surface area contributed by atoms with Gasteiger partial charge >= 0.3 is 19.8 Å². The Kier molecular flexibility index (Phi) is 45.1. The van der Waals surface area contributed by atoms with Crippen LogP contribution in [-0.4, -0.2) is 49.3 Å². The summed E-state index contributed by atoms with van der Waals surface area (Å²) in [6, 6.07) is 0. The third-order valence-corrected chi connectivity index (χ3v) is 10.7. The van der Waals surface area contributed by atoms with Crippen molar-refractivity contribution in [3.63, 3.8) is 0 Å². The van der Waals surface area contributed by atoms with E-state index in [9.17, 15) is 19.0 Å². The number of rotatable bonds is 44. The lowest BCUT2D eigenvalue weighted by molar-refractivity contribution is -0.161. The van der Waals surface area contributed by atoms with Crippen molar-refractivity contribution in [2.45, 2.75) is 193 Å². The molecule has 0 heterocycles. The summed E-state index contributed by atoms with van der Waals surface area (Å²) in [5.74, 6) is -0.853. The Bertz CT molecular complexity index is 1330. The van der Waals surface area contributed by atoms with Crippen LogP contribution in [0.25, 0.3) is 0 Å². The van der Waals surface area contributed by atoms with E-state index < -0.39 is 32.5 Å². The molecule has 0 bridgehead atoms. The molecule has 0 saturated carbocycles. The van der Waals surface area contributed by atoms with Crippen LogP contribution in [0.1, 0.15) is 187 Å². The third kappa shape index (κ3) is 46.4. The van der Waals surface area contributed by atoms with Gasteiger partial charge in [0.25, 0.3) is 0 Å². The predicted octanol–water partition coefficient (Wildman–Crippen LogP) is 14.6. The molecule has 0 radical (unpaired) electrons. The predicted molar refractivity (Wildman–Crippen MR) is 261 cm³/mol. The highest BCUT2D eigenvalue weighted by atomic mass is 31.2. The van der Waals surface area contributed by atoms with Gasteiger partial charge in [-0.15, -0.1) is 0 Å². The molecule has 2 atom stereocenters. The third-order valence-electron chi connectivity index (χ3n) is 9.73. The number of phosphoric acid groups is 1. The SMILES string of the molecule is CC/C=C\C/C=C\C/C=C\C/C=C\C/C=C\C/C=C\C/C=C\C/C=C\CCCCCCCCC(=O)OC(COC(=O)CCCCCCCCCCCC)COP(=O)(O)OCCN. The Balaban J connectivity index is 4.07. The maximum absolute atomic E-state index is 12.6. The van der Waals surface area contributed by atoms with Crippen LogP contribution in [0.4, 0.5) is 0 Å². The minimum Gasteiger partial charge on any atom is -0.462 e. The van der Waals surface area contributed by atoms with Gasteiger partial charge in [0.2, 0.25) is 0 Å². The molecule has 2 unspecified atom stereocenters. The normalized spacial score (nSPS) is 14.1. The zero-order valence-electron chi connectivity index (χ0n) is 39.1. The van der Waals surface area contributed by atoms with Crippen molar-refractivity contribution >= 4 is 19.8 Å². The molecule has 354 valence electrons. The standard InChI is InChI=1S/C52H88NO8P/c1-3-5-7-9-11-13-15-16-17-18-19-20-21-22-23-24-25-26-27-28-29-30-31-32-33-34-35-37-39-41-43-45-52(55)61-50(49-60-62(56,57)59-47-46-53)48-58-51(54)44-42-40-38-36-14-12-10-8-6-4-2/h5,7,11,13,16-17,19-20,22-23,25-26,28-29,31-32,50H,3-4,6,8-10,12,14-15,18,21,24,27,30,33-49,53H2,1-2H3,(H,56,57)/b7-5-,13-11-,17-16-,20-19-,23-22-,26-25-,29-28-,32-31-. The maximum Gasteiger partial charge on any atom is 0.472 e. The van der Waals surface area contributed by atoms with Crippen LogP contribution in [-0.2, 0) is 32.7 Å². The lowest BCUT2D eigenvalue weighted by atomic mass is 10.1. The van der Waals surface area contributed by atoms with Gasteiger partial charge in [0.15, 0.2) is 6.10 Å². The van der Waals surface area contributed by atoms with E-state index in [4.69, 9.17) is 24.3 Å². The molecule has 0 aliphatic heterocycles. The Morgan fingerprint density at radius 1 is 0.500 bits per heavy atom.